The van der Waals surface area contributed by atoms with Gasteiger partial charge in [0.2, 0.25) is 0 Å². The number of nitrogens with zero attached hydrogens (tertiary/aromatic N) is 2. The Morgan fingerprint density at radius 1 is 1.16 bits per heavy atom. The molecule has 96 valence electrons. The van der Waals surface area contributed by atoms with Crippen molar-refractivity contribution >= 4 is 11.6 Å². The van der Waals surface area contributed by atoms with Crippen molar-refractivity contribution in [2.45, 2.75) is 0 Å². The van der Waals surface area contributed by atoms with Crippen LogP contribution in [-0.2, 0) is 0 Å². The minimum absolute atomic E-state index is 0.261. The third-order valence-electron chi connectivity index (χ3n) is 2.60. The molecule has 1 amide bonds. The zero-order valence-corrected chi connectivity index (χ0v) is 10.00. The molecule has 1 aliphatic rings. The summed E-state index contributed by atoms with van der Waals surface area (Å²) in [7, 11) is 0. The number of hydrogen-bond donors (Lipinski definition) is 1. The Hall–Kier alpha value is -2.63. The minimum atomic E-state index is -0.315. The van der Waals surface area contributed by atoms with E-state index in [1.54, 1.807) is 30.3 Å². The van der Waals surface area contributed by atoms with Crippen LogP contribution >= 0.6 is 0 Å². The van der Waals surface area contributed by atoms with E-state index < -0.39 is 0 Å². The lowest BCUT2D eigenvalue weighted by Gasteiger charge is -2.18. The monoisotopic (exact) mass is 257 g/mol. The third-order valence-corrected chi connectivity index (χ3v) is 2.60. The van der Waals surface area contributed by atoms with E-state index >= 15 is 0 Å². The SMILES string of the molecule is O=C(Nc1ccc2c(c1)OCCO2)c1cccnn1. The maximum absolute atomic E-state index is 11.9. The molecule has 6 heteroatoms. The number of nitrogens with one attached hydrogen (secondary N) is 1. The summed E-state index contributed by atoms with van der Waals surface area (Å²) in [5, 5.41) is 10.1. The smallest absolute Gasteiger partial charge is 0.276 e. The number of ether oxygens (including phenoxy) is 2. The standard InChI is InChI=1S/C13H11N3O3/c17-13(10-2-1-5-14-16-10)15-9-3-4-11-12(8-9)19-7-6-18-11/h1-5,8H,6-7H2,(H,15,17). The summed E-state index contributed by atoms with van der Waals surface area (Å²) in [5.41, 5.74) is 0.886. The molecule has 19 heavy (non-hydrogen) atoms. The van der Waals surface area contributed by atoms with Gasteiger partial charge in [0.1, 0.15) is 13.2 Å². The Morgan fingerprint density at radius 2 is 2.00 bits per heavy atom. The van der Waals surface area contributed by atoms with Crippen LogP contribution in [0.5, 0.6) is 11.5 Å². The van der Waals surface area contributed by atoms with Gasteiger partial charge in [0.05, 0.1) is 0 Å². The molecule has 0 unspecified atom stereocenters. The lowest BCUT2D eigenvalue weighted by atomic mass is 10.2. The van der Waals surface area contributed by atoms with Crippen molar-refractivity contribution in [1.29, 1.82) is 0 Å². The number of hydrogen-bond acceptors (Lipinski definition) is 5. The van der Waals surface area contributed by atoms with Crippen LogP contribution in [0.15, 0.2) is 36.5 Å². The quantitative estimate of drug-likeness (QED) is 0.882. The summed E-state index contributed by atoms with van der Waals surface area (Å²) < 4.78 is 10.9. The van der Waals surface area contributed by atoms with Gasteiger partial charge in [0.25, 0.3) is 5.91 Å². The second kappa shape index (κ2) is 4.93. The van der Waals surface area contributed by atoms with Gasteiger partial charge in [-0.3, -0.25) is 4.79 Å². The molecule has 0 bridgehead atoms. The van der Waals surface area contributed by atoms with E-state index in [4.69, 9.17) is 9.47 Å². The first-order valence-electron chi connectivity index (χ1n) is 5.81. The molecule has 0 saturated carbocycles. The van der Waals surface area contributed by atoms with Crippen molar-refractivity contribution in [3.63, 3.8) is 0 Å². The predicted molar refractivity (Wildman–Crippen MR) is 67.4 cm³/mol. The van der Waals surface area contributed by atoms with Crippen LogP contribution in [0.1, 0.15) is 10.5 Å². The molecule has 6 nitrogen and oxygen atoms in total. The van der Waals surface area contributed by atoms with Gasteiger partial charge in [0.15, 0.2) is 17.2 Å². The van der Waals surface area contributed by atoms with Crippen molar-refractivity contribution in [2.75, 3.05) is 18.5 Å². The van der Waals surface area contributed by atoms with Crippen LogP contribution in [0, 0.1) is 0 Å². The first-order chi connectivity index (χ1) is 9.33. The summed E-state index contributed by atoms with van der Waals surface area (Å²) in [4.78, 5) is 11.9. The van der Waals surface area contributed by atoms with Gasteiger partial charge < -0.3 is 14.8 Å². The van der Waals surface area contributed by atoms with Crippen molar-refractivity contribution in [3.8, 4) is 11.5 Å². The second-order valence-electron chi connectivity index (χ2n) is 3.92. The van der Waals surface area contributed by atoms with Crippen LogP contribution in [0.2, 0.25) is 0 Å². The first-order valence-corrected chi connectivity index (χ1v) is 5.81. The second-order valence-corrected chi connectivity index (χ2v) is 3.92. The van der Waals surface area contributed by atoms with Crippen LogP contribution < -0.4 is 14.8 Å². The van der Waals surface area contributed by atoms with Crippen LogP contribution in [-0.4, -0.2) is 29.3 Å². The molecular formula is C13H11N3O3. The molecule has 2 aromatic rings. The molecule has 0 saturated heterocycles. The van der Waals surface area contributed by atoms with E-state index in [9.17, 15) is 4.79 Å². The molecular weight excluding hydrogens is 246 g/mol. The number of benzene rings is 1. The molecule has 1 N–H and O–H groups in total. The van der Waals surface area contributed by atoms with Crippen molar-refractivity contribution in [3.05, 3.63) is 42.2 Å². The Labute approximate surface area is 109 Å². The van der Waals surface area contributed by atoms with Crippen molar-refractivity contribution in [2.24, 2.45) is 0 Å². The Kier molecular flexibility index (Phi) is 2.97. The molecule has 2 heterocycles. The zero-order valence-electron chi connectivity index (χ0n) is 10.00. The lowest BCUT2D eigenvalue weighted by molar-refractivity contribution is 0.102. The number of fused-ring (bicyclic) bond motifs is 1. The summed E-state index contributed by atoms with van der Waals surface area (Å²) in [6, 6.07) is 8.50. The van der Waals surface area contributed by atoms with Gasteiger partial charge in [0, 0.05) is 18.0 Å². The Balaban J connectivity index is 1.78. The highest BCUT2D eigenvalue weighted by Gasteiger charge is 2.13. The summed E-state index contributed by atoms with van der Waals surface area (Å²) >= 11 is 0. The summed E-state index contributed by atoms with van der Waals surface area (Å²) in [5.74, 6) is 0.997. The average molecular weight is 257 g/mol. The molecule has 0 atom stereocenters. The highest BCUT2D eigenvalue weighted by atomic mass is 16.6. The van der Waals surface area contributed by atoms with Gasteiger partial charge >= 0.3 is 0 Å². The Morgan fingerprint density at radius 3 is 2.79 bits per heavy atom. The van der Waals surface area contributed by atoms with Gasteiger partial charge in [-0.05, 0) is 24.3 Å². The normalized spacial score (nSPS) is 12.8. The van der Waals surface area contributed by atoms with Crippen LogP contribution in [0.3, 0.4) is 0 Å². The molecule has 0 aliphatic carbocycles. The van der Waals surface area contributed by atoms with E-state index in [0.717, 1.165) is 0 Å². The first kappa shape index (κ1) is 11.5. The highest BCUT2D eigenvalue weighted by Crippen LogP contribution is 2.32. The fraction of sp³-hybridized carbons (Fsp3) is 0.154. The van der Waals surface area contributed by atoms with E-state index in [2.05, 4.69) is 15.5 Å². The summed E-state index contributed by atoms with van der Waals surface area (Å²) in [6.45, 7) is 1.05. The van der Waals surface area contributed by atoms with E-state index in [0.29, 0.717) is 30.4 Å². The maximum atomic E-state index is 11.9. The summed E-state index contributed by atoms with van der Waals surface area (Å²) in [6.07, 6.45) is 1.51. The van der Waals surface area contributed by atoms with E-state index in [-0.39, 0.29) is 11.6 Å². The fourth-order valence-electron chi connectivity index (χ4n) is 1.74. The number of aromatic nitrogens is 2. The Bertz CT molecular complexity index is 601. The molecule has 1 aromatic heterocycles. The maximum Gasteiger partial charge on any atom is 0.276 e. The number of amides is 1. The molecule has 3 rings (SSSR count). The van der Waals surface area contributed by atoms with E-state index in [1.165, 1.54) is 6.20 Å². The predicted octanol–water partition coefficient (Wildman–Crippen LogP) is 1.50. The number of carbonyl (C=O) groups excluding carboxylic acids is 1. The fourth-order valence-corrected chi connectivity index (χ4v) is 1.74. The third kappa shape index (κ3) is 2.47. The lowest BCUT2D eigenvalue weighted by Crippen LogP contribution is -2.17. The van der Waals surface area contributed by atoms with Crippen molar-refractivity contribution in [1.82, 2.24) is 10.2 Å². The minimum Gasteiger partial charge on any atom is -0.486 e. The van der Waals surface area contributed by atoms with Crippen molar-refractivity contribution < 1.29 is 14.3 Å². The van der Waals surface area contributed by atoms with Gasteiger partial charge in [-0.15, -0.1) is 5.10 Å². The van der Waals surface area contributed by atoms with Crippen LogP contribution in [0.25, 0.3) is 0 Å². The largest absolute Gasteiger partial charge is 0.486 e. The topological polar surface area (TPSA) is 73.3 Å². The number of anilines is 1. The molecule has 0 spiro atoms. The average Bonchev–Trinajstić information content (AvgIpc) is 2.48. The highest BCUT2D eigenvalue weighted by molar-refractivity contribution is 6.02. The van der Waals surface area contributed by atoms with Crippen LogP contribution in [0.4, 0.5) is 5.69 Å². The van der Waals surface area contributed by atoms with Gasteiger partial charge in [-0.1, -0.05) is 0 Å². The number of rotatable bonds is 2. The zero-order chi connectivity index (χ0) is 13.1. The molecule has 0 fully saturated rings. The molecule has 1 aromatic carbocycles. The van der Waals surface area contributed by atoms with Gasteiger partial charge in [-0.2, -0.15) is 5.10 Å². The molecule has 1 aliphatic heterocycles. The van der Waals surface area contributed by atoms with E-state index in [1.807, 2.05) is 0 Å². The number of carbonyl (C=O) groups is 1. The molecule has 0 radical (unpaired) electrons. The van der Waals surface area contributed by atoms with Gasteiger partial charge in [-0.25, -0.2) is 0 Å².